The van der Waals surface area contributed by atoms with Gasteiger partial charge in [0.15, 0.2) is 5.82 Å². The third-order valence-electron chi connectivity index (χ3n) is 6.42. The maximum absolute atomic E-state index is 14.4. The van der Waals surface area contributed by atoms with Crippen molar-refractivity contribution >= 4 is 29.2 Å². The molecule has 3 aromatic rings. The molecule has 3 aromatic heterocycles. The maximum Gasteiger partial charge on any atom is 0.243 e. The third kappa shape index (κ3) is 4.27. The van der Waals surface area contributed by atoms with E-state index in [0.717, 1.165) is 42.0 Å². The number of unbranched alkanes of at least 4 members (excludes halogenated alkanes) is 1. The van der Waals surface area contributed by atoms with Crippen LogP contribution >= 0.6 is 0 Å². The number of hydrogen-bond donors (Lipinski definition) is 2. The highest BCUT2D eigenvalue weighted by molar-refractivity contribution is 5.88. The van der Waals surface area contributed by atoms with Crippen molar-refractivity contribution in [2.45, 2.75) is 43.8 Å². The zero-order valence-corrected chi connectivity index (χ0v) is 18.6. The van der Waals surface area contributed by atoms with E-state index in [4.69, 9.17) is 10.7 Å². The Hall–Kier alpha value is -3.14. The standard InChI is InChI=1S/C23H28F2N8/c1-32-10-8-18(16(25)13-32)29-23-30-22(26)21-15(7-11-33(21)31-23)17-5-6-19-20(28-17)14(12-27-19)4-2-3-9-24/h5-7,11-12,14,16,18H,2-4,8-10,13H2,1H3,(H3,26,29,30,31)/t14?,16-,18+/m1/s1. The smallest absolute Gasteiger partial charge is 0.243 e. The number of aliphatic imine (C=N–C) groups is 1. The van der Waals surface area contributed by atoms with Crippen molar-refractivity contribution in [2.24, 2.45) is 4.99 Å². The van der Waals surface area contributed by atoms with E-state index >= 15 is 0 Å². The molecule has 174 valence electrons. The van der Waals surface area contributed by atoms with Gasteiger partial charge in [0.05, 0.1) is 29.8 Å². The number of nitrogen functional groups attached to an aromatic ring is 1. The predicted octanol–water partition coefficient (Wildman–Crippen LogP) is 3.77. The second kappa shape index (κ2) is 9.01. The van der Waals surface area contributed by atoms with Crippen LogP contribution in [0.4, 0.5) is 26.2 Å². The Morgan fingerprint density at radius 3 is 2.91 bits per heavy atom. The fraction of sp³-hybridized carbons (Fsp3) is 0.478. The number of halogens is 2. The summed E-state index contributed by atoms with van der Waals surface area (Å²) in [5.74, 6) is 0.699. The monoisotopic (exact) mass is 454 g/mol. The predicted molar refractivity (Wildman–Crippen MR) is 126 cm³/mol. The molecule has 1 saturated heterocycles. The lowest BCUT2D eigenvalue weighted by Gasteiger charge is -2.32. The van der Waals surface area contributed by atoms with Gasteiger partial charge >= 0.3 is 0 Å². The molecule has 0 bridgehead atoms. The molecular weight excluding hydrogens is 426 g/mol. The number of anilines is 2. The summed E-state index contributed by atoms with van der Waals surface area (Å²) in [4.78, 5) is 15.7. The Morgan fingerprint density at radius 2 is 2.09 bits per heavy atom. The molecule has 0 amide bonds. The van der Waals surface area contributed by atoms with E-state index in [-0.39, 0.29) is 18.6 Å². The SMILES string of the molecule is CN1CC[C@H](Nc2nc(N)c3c(-c4ccc5c(n4)C(CCCCF)C=N5)ccn3n2)[C@H](F)C1. The van der Waals surface area contributed by atoms with Crippen LogP contribution in [-0.2, 0) is 0 Å². The Balaban J connectivity index is 1.41. The molecule has 5 rings (SSSR count). The van der Waals surface area contributed by atoms with Gasteiger partial charge in [0.1, 0.15) is 11.7 Å². The van der Waals surface area contributed by atoms with Crippen LogP contribution in [-0.4, -0.2) is 69.7 Å². The van der Waals surface area contributed by atoms with Crippen molar-refractivity contribution in [3.63, 3.8) is 0 Å². The van der Waals surface area contributed by atoms with Gasteiger partial charge in [0.2, 0.25) is 5.95 Å². The largest absolute Gasteiger partial charge is 0.382 e. The number of alkyl halides is 2. The summed E-state index contributed by atoms with van der Waals surface area (Å²) < 4.78 is 28.6. The van der Waals surface area contributed by atoms with E-state index < -0.39 is 6.17 Å². The summed E-state index contributed by atoms with van der Waals surface area (Å²) in [6.07, 6.45) is 5.54. The molecule has 5 heterocycles. The van der Waals surface area contributed by atoms with Gasteiger partial charge < -0.3 is 16.0 Å². The number of hydrogen-bond acceptors (Lipinski definition) is 7. The average molecular weight is 455 g/mol. The Morgan fingerprint density at radius 1 is 1.21 bits per heavy atom. The van der Waals surface area contributed by atoms with Gasteiger partial charge in [-0.25, -0.2) is 13.9 Å². The fourth-order valence-electron chi connectivity index (χ4n) is 4.62. The topological polar surface area (TPSA) is 96.7 Å². The van der Waals surface area contributed by atoms with E-state index in [1.165, 1.54) is 0 Å². The molecule has 3 N–H and O–H groups in total. The number of aromatic nitrogens is 4. The second-order valence-corrected chi connectivity index (χ2v) is 8.83. The molecule has 2 aliphatic heterocycles. The lowest BCUT2D eigenvalue weighted by atomic mass is 9.99. The van der Waals surface area contributed by atoms with Crippen LogP contribution in [0.25, 0.3) is 16.8 Å². The van der Waals surface area contributed by atoms with Gasteiger partial charge in [-0.1, -0.05) is 0 Å². The average Bonchev–Trinajstić information content (AvgIpc) is 3.40. The highest BCUT2D eigenvalue weighted by Gasteiger charge is 2.28. The second-order valence-electron chi connectivity index (χ2n) is 8.83. The number of piperidine rings is 1. The quantitative estimate of drug-likeness (QED) is 0.528. The summed E-state index contributed by atoms with van der Waals surface area (Å²) in [7, 11) is 1.91. The van der Waals surface area contributed by atoms with Crippen molar-refractivity contribution in [3.05, 3.63) is 30.1 Å². The highest BCUT2D eigenvalue weighted by Crippen LogP contribution is 2.37. The van der Waals surface area contributed by atoms with E-state index in [0.29, 0.717) is 36.7 Å². The molecule has 3 atom stereocenters. The zero-order valence-electron chi connectivity index (χ0n) is 18.6. The van der Waals surface area contributed by atoms with Crippen molar-refractivity contribution in [1.82, 2.24) is 24.5 Å². The number of likely N-dealkylation sites (tertiary alicyclic amines) is 1. The molecule has 33 heavy (non-hydrogen) atoms. The number of nitrogens with two attached hydrogens (primary N) is 1. The third-order valence-corrected chi connectivity index (χ3v) is 6.42. The Bertz CT molecular complexity index is 1180. The molecule has 2 aliphatic rings. The summed E-state index contributed by atoms with van der Waals surface area (Å²) >= 11 is 0. The molecule has 0 aliphatic carbocycles. The first-order valence-corrected chi connectivity index (χ1v) is 11.4. The minimum absolute atomic E-state index is 0.0907. The molecular formula is C23H28F2N8. The summed E-state index contributed by atoms with van der Waals surface area (Å²) in [5.41, 5.74) is 10.3. The molecule has 0 aromatic carbocycles. The minimum atomic E-state index is -1.000. The lowest BCUT2D eigenvalue weighted by molar-refractivity contribution is 0.149. The van der Waals surface area contributed by atoms with E-state index in [1.807, 2.05) is 36.4 Å². The first-order chi connectivity index (χ1) is 16.0. The Kier molecular flexibility index (Phi) is 5.92. The van der Waals surface area contributed by atoms with Gasteiger partial charge in [-0.2, -0.15) is 4.98 Å². The van der Waals surface area contributed by atoms with Gasteiger partial charge in [-0.3, -0.25) is 9.38 Å². The van der Waals surface area contributed by atoms with Crippen molar-refractivity contribution in [2.75, 3.05) is 37.9 Å². The zero-order chi connectivity index (χ0) is 22.9. The summed E-state index contributed by atoms with van der Waals surface area (Å²) in [6, 6.07) is 5.41. The van der Waals surface area contributed by atoms with Crippen LogP contribution in [0.15, 0.2) is 29.4 Å². The molecule has 0 radical (unpaired) electrons. The van der Waals surface area contributed by atoms with Crippen molar-refractivity contribution in [3.8, 4) is 11.3 Å². The van der Waals surface area contributed by atoms with E-state index in [2.05, 4.69) is 20.4 Å². The van der Waals surface area contributed by atoms with Crippen LogP contribution in [0.2, 0.25) is 0 Å². The normalized spacial score (nSPS) is 22.7. The highest BCUT2D eigenvalue weighted by atomic mass is 19.1. The number of pyridine rings is 1. The molecule has 8 nitrogen and oxygen atoms in total. The number of rotatable bonds is 7. The van der Waals surface area contributed by atoms with Crippen molar-refractivity contribution < 1.29 is 8.78 Å². The van der Waals surface area contributed by atoms with E-state index in [1.54, 1.807) is 10.7 Å². The first kappa shape index (κ1) is 21.7. The van der Waals surface area contributed by atoms with Gasteiger partial charge in [0, 0.05) is 37.0 Å². The minimum Gasteiger partial charge on any atom is -0.382 e. The fourth-order valence-corrected chi connectivity index (χ4v) is 4.62. The molecule has 10 heteroatoms. The van der Waals surface area contributed by atoms with Crippen LogP contribution < -0.4 is 11.1 Å². The van der Waals surface area contributed by atoms with Gasteiger partial charge in [0.25, 0.3) is 0 Å². The number of nitrogens with one attached hydrogen (secondary N) is 1. The summed E-state index contributed by atoms with van der Waals surface area (Å²) in [5, 5.41) is 7.63. The van der Waals surface area contributed by atoms with Gasteiger partial charge in [-0.15, -0.1) is 5.10 Å². The molecule has 0 saturated carbocycles. The number of nitrogens with zero attached hydrogens (tertiary/aromatic N) is 6. The molecule has 1 fully saturated rings. The van der Waals surface area contributed by atoms with Crippen molar-refractivity contribution in [1.29, 1.82) is 0 Å². The Labute approximate surface area is 190 Å². The van der Waals surface area contributed by atoms with Crippen LogP contribution in [0.1, 0.15) is 37.3 Å². The van der Waals surface area contributed by atoms with E-state index in [9.17, 15) is 8.78 Å². The molecule has 1 unspecified atom stereocenters. The van der Waals surface area contributed by atoms with Crippen LogP contribution in [0.3, 0.4) is 0 Å². The lowest BCUT2D eigenvalue weighted by Crippen LogP contribution is -2.46. The van der Waals surface area contributed by atoms with Gasteiger partial charge in [-0.05, 0) is 50.9 Å². The first-order valence-electron chi connectivity index (χ1n) is 11.4. The number of fused-ring (bicyclic) bond motifs is 2. The van der Waals surface area contributed by atoms with Crippen LogP contribution in [0, 0.1) is 0 Å². The summed E-state index contributed by atoms with van der Waals surface area (Å²) in [6.45, 7) is 0.887. The van der Waals surface area contributed by atoms with Crippen LogP contribution in [0.5, 0.6) is 0 Å². The molecule has 0 spiro atoms. The maximum atomic E-state index is 14.4.